The number of nitrogens with one attached hydrogen (secondary N) is 1. The summed E-state index contributed by atoms with van der Waals surface area (Å²) in [5.74, 6) is 0. The minimum absolute atomic E-state index is 0.810. The molecule has 0 aliphatic carbocycles. The predicted octanol–water partition coefficient (Wildman–Crippen LogP) is 4.55. The van der Waals surface area contributed by atoms with Crippen LogP contribution in [-0.4, -0.2) is 54.1 Å². The minimum atomic E-state index is 0.810. The zero-order valence-electron chi connectivity index (χ0n) is 19.3. The van der Waals surface area contributed by atoms with E-state index in [1.807, 2.05) is 10.7 Å². The Balaban J connectivity index is 1.47. The number of para-hydroxylation sites is 1. The van der Waals surface area contributed by atoms with Crippen molar-refractivity contribution in [3.05, 3.63) is 83.2 Å². The number of nitrogens with zero attached hydrogens (tertiary/aromatic N) is 3. The molecule has 0 radical (unpaired) electrons. The molecule has 0 unspecified atom stereocenters. The van der Waals surface area contributed by atoms with Crippen LogP contribution in [0.15, 0.2) is 60.8 Å². The van der Waals surface area contributed by atoms with Gasteiger partial charge in [-0.2, -0.15) is 5.10 Å². The van der Waals surface area contributed by atoms with Crippen molar-refractivity contribution in [3.8, 4) is 5.69 Å². The van der Waals surface area contributed by atoms with Crippen molar-refractivity contribution in [2.24, 2.45) is 0 Å². The van der Waals surface area contributed by atoms with Gasteiger partial charge in [-0.25, -0.2) is 4.68 Å². The maximum absolute atomic E-state index is 5.44. The molecule has 0 bridgehead atoms. The second-order valence-electron chi connectivity index (χ2n) is 8.45. The van der Waals surface area contributed by atoms with Crippen LogP contribution in [0.2, 0.25) is 0 Å². The first-order valence-electron chi connectivity index (χ1n) is 11.6. The van der Waals surface area contributed by atoms with E-state index in [4.69, 9.17) is 9.84 Å². The SMILES string of the molecule is C/C(=C\c1ccccc1C)c1nn(-c2ccccc2)cc1CNCCCN1CCOCC1. The molecule has 5 nitrogen and oxygen atoms in total. The van der Waals surface area contributed by atoms with E-state index in [2.05, 4.69) is 84.9 Å². The lowest BCUT2D eigenvalue weighted by atomic mass is 10.0. The van der Waals surface area contributed by atoms with E-state index in [1.54, 1.807) is 0 Å². The molecule has 1 N–H and O–H groups in total. The molecule has 1 fully saturated rings. The van der Waals surface area contributed by atoms with Crippen molar-refractivity contribution in [1.82, 2.24) is 20.0 Å². The summed E-state index contributed by atoms with van der Waals surface area (Å²) in [6.45, 7) is 11.1. The van der Waals surface area contributed by atoms with Crippen LogP contribution in [0.5, 0.6) is 0 Å². The molecule has 4 rings (SSSR count). The van der Waals surface area contributed by atoms with Gasteiger partial charge < -0.3 is 10.1 Å². The molecule has 1 aliphatic heterocycles. The van der Waals surface area contributed by atoms with Gasteiger partial charge in [0.15, 0.2) is 0 Å². The van der Waals surface area contributed by atoms with E-state index in [0.717, 1.165) is 63.7 Å². The third-order valence-corrected chi connectivity index (χ3v) is 5.99. The minimum Gasteiger partial charge on any atom is -0.379 e. The summed E-state index contributed by atoms with van der Waals surface area (Å²) in [5, 5.41) is 8.60. The number of hydrogen-bond acceptors (Lipinski definition) is 4. The Morgan fingerprint density at radius 2 is 1.81 bits per heavy atom. The van der Waals surface area contributed by atoms with Crippen molar-refractivity contribution in [3.63, 3.8) is 0 Å². The van der Waals surface area contributed by atoms with Crippen molar-refractivity contribution in [1.29, 1.82) is 0 Å². The van der Waals surface area contributed by atoms with Gasteiger partial charge in [0.25, 0.3) is 0 Å². The van der Waals surface area contributed by atoms with Gasteiger partial charge in [0.05, 0.1) is 24.6 Å². The highest BCUT2D eigenvalue weighted by molar-refractivity contribution is 5.80. The van der Waals surface area contributed by atoms with Gasteiger partial charge in [0.2, 0.25) is 0 Å². The maximum Gasteiger partial charge on any atom is 0.0929 e. The van der Waals surface area contributed by atoms with Crippen LogP contribution in [0.3, 0.4) is 0 Å². The molecule has 1 aromatic heterocycles. The van der Waals surface area contributed by atoms with Crippen LogP contribution in [0.1, 0.15) is 35.7 Å². The smallest absolute Gasteiger partial charge is 0.0929 e. The van der Waals surface area contributed by atoms with Gasteiger partial charge >= 0.3 is 0 Å². The van der Waals surface area contributed by atoms with Crippen LogP contribution in [0.25, 0.3) is 17.3 Å². The molecule has 3 aromatic rings. The standard InChI is InChI=1S/C27H34N4O/c1-22-9-6-7-10-24(22)19-23(2)27-25(21-31(29-27)26-11-4-3-5-12-26)20-28-13-8-14-30-15-17-32-18-16-30/h3-7,9-12,19,21,28H,8,13-18,20H2,1-2H3/b23-19+. The second-order valence-corrected chi connectivity index (χ2v) is 8.45. The van der Waals surface area contributed by atoms with Crippen LogP contribution in [0.4, 0.5) is 0 Å². The van der Waals surface area contributed by atoms with Gasteiger partial charge in [-0.1, -0.05) is 42.5 Å². The fourth-order valence-electron chi connectivity index (χ4n) is 4.11. The molecular weight excluding hydrogens is 396 g/mol. The molecule has 2 aromatic carbocycles. The Kier molecular flexibility index (Phi) is 7.88. The second kappa shape index (κ2) is 11.2. The van der Waals surface area contributed by atoms with Crippen LogP contribution < -0.4 is 5.32 Å². The molecular formula is C27H34N4O. The first-order chi connectivity index (χ1) is 15.7. The normalized spacial score (nSPS) is 15.2. The Morgan fingerprint density at radius 1 is 1.06 bits per heavy atom. The Hall–Kier alpha value is -2.73. The first-order valence-corrected chi connectivity index (χ1v) is 11.6. The van der Waals surface area contributed by atoms with E-state index in [-0.39, 0.29) is 0 Å². The summed E-state index contributed by atoms with van der Waals surface area (Å²) >= 11 is 0. The molecule has 168 valence electrons. The first kappa shape index (κ1) is 22.5. The fraction of sp³-hybridized carbons (Fsp3) is 0.370. The van der Waals surface area contributed by atoms with Gasteiger partial charge in [-0.3, -0.25) is 4.90 Å². The van der Waals surface area contributed by atoms with Crippen molar-refractivity contribution in [2.45, 2.75) is 26.8 Å². The average Bonchev–Trinajstić information content (AvgIpc) is 3.26. The summed E-state index contributed by atoms with van der Waals surface area (Å²) in [7, 11) is 0. The quantitative estimate of drug-likeness (QED) is 0.506. The average molecular weight is 431 g/mol. The number of aryl methyl sites for hydroxylation is 1. The lowest BCUT2D eigenvalue weighted by Gasteiger charge is -2.26. The van der Waals surface area contributed by atoms with Gasteiger partial charge in [-0.05, 0) is 68.3 Å². The van der Waals surface area contributed by atoms with E-state index < -0.39 is 0 Å². The molecule has 0 amide bonds. The number of allylic oxidation sites excluding steroid dienone is 1. The number of benzene rings is 2. The number of aromatic nitrogens is 2. The Bertz CT molecular complexity index is 1020. The predicted molar refractivity (Wildman–Crippen MR) is 132 cm³/mol. The highest BCUT2D eigenvalue weighted by Crippen LogP contribution is 2.23. The number of hydrogen-bond donors (Lipinski definition) is 1. The van der Waals surface area contributed by atoms with Crippen LogP contribution in [-0.2, 0) is 11.3 Å². The van der Waals surface area contributed by atoms with Crippen LogP contribution >= 0.6 is 0 Å². The Morgan fingerprint density at radius 3 is 2.59 bits per heavy atom. The lowest BCUT2D eigenvalue weighted by molar-refractivity contribution is 0.0374. The largest absolute Gasteiger partial charge is 0.379 e. The maximum atomic E-state index is 5.44. The van der Waals surface area contributed by atoms with Gasteiger partial charge in [-0.15, -0.1) is 0 Å². The topological polar surface area (TPSA) is 42.3 Å². The zero-order chi connectivity index (χ0) is 22.2. The van der Waals surface area contributed by atoms with E-state index >= 15 is 0 Å². The zero-order valence-corrected chi connectivity index (χ0v) is 19.3. The summed E-state index contributed by atoms with van der Waals surface area (Å²) in [5.41, 5.74) is 7.05. The molecule has 0 spiro atoms. The van der Waals surface area contributed by atoms with Crippen molar-refractivity contribution >= 4 is 11.6 Å². The molecule has 0 atom stereocenters. The Labute approximate surface area is 191 Å². The summed E-state index contributed by atoms with van der Waals surface area (Å²) in [6, 6.07) is 18.8. The molecule has 0 saturated carbocycles. The lowest BCUT2D eigenvalue weighted by Crippen LogP contribution is -2.37. The number of morpholine rings is 1. The van der Waals surface area contributed by atoms with Gasteiger partial charge in [0.1, 0.15) is 0 Å². The third kappa shape index (κ3) is 5.94. The molecule has 2 heterocycles. The van der Waals surface area contributed by atoms with Crippen molar-refractivity contribution in [2.75, 3.05) is 39.4 Å². The number of ether oxygens (including phenoxy) is 1. The highest BCUT2D eigenvalue weighted by Gasteiger charge is 2.13. The van der Waals surface area contributed by atoms with Crippen LogP contribution in [0, 0.1) is 6.92 Å². The summed E-state index contributed by atoms with van der Waals surface area (Å²) in [4.78, 5) is 2.49. The monoisotopic (exact) mass is 430 g/mol. The summed E-state index contributed by atoms with van der Waals surface area (Å²) in [6.07, 6.45) is 5.55. The van der Waals surface area contributed by atoms with E-state index in [9.17, 15) is 0 Å². The van der Waals surface area contributed by atoms with E-state index in [1.165, 1.54) is 22.3 Å². The van der Waals surface area contributed by atoms with Crippen molar-refractivity contribution < 1.29 is 4.74 Å². The highest BCUT2D eigenvalue weighted by atomic mass is 16.5. The number of rotatable bonds is 9. The van der Waals surface area contributed by atoms with E-state index in [0.29, 0.717) is 0 Å². The molecule has 5 heteroatoms. The molecule has 32 heavy (non-hydrogen) atoms. The fourth-order valence-corrected chi connectivity index (χ4v) is 4.11. The summed E-state index contributed by atoms with van der Waals surface area (Å²) < 4.78 is 7.43. The third-order valence-electron chi connectivity index (χ3n) is 5.99. The van der Waals surface area contributed by atoms with Gasteiger partial charge in [0, 0.05) is 31.4 Å². The molecule has 1 saturated heterocycles. The molecule has 1 aliphatic rings.